The minimum Gasteiger partial charge on any atom is -0.312 e. The second-order valence-electron chi connectivity index (χ2n) is 3.92. The fraction of sp³-hybridized carbons (Fsp3) is 0.154. The maximum Gasteiger partial charge on any atom is 0.256 e. The Labute approximate surface area is 123 Å². The van der Waals surface area contributed by atoms with Gasteiger partial charge in [0.25, 0.3) is 5.91 Å². The number of nitriles is 1. The van der Waals surface area contributed by atoms with Gasteiger partial charge in [-0.3, -0.25) is 4.79 Å². The van der Waals surface area contributed by atoms with Crippen LogP contribution in [0.1, 0.15) is 26.4 Å². The van der Waals surface area contributed by atoms with Crippen LogP contribution in [0.2, 0.25) is 0 Å². The molecule has 0 aliphatic rings. The van der Waals surface area contributed by atoms with E-state index in [1.165, 1.54) is 11.3 Å². The second kappa shape index (κ2) is 5.51. The normalized spacial score (nSPS) is 10.0. The van der Waals surface area contributed by atoms with Crippen LogP contribution in [0.5, 0.6) is 0 Å². The largest absolute Gasteiger partial charge is 0.312 e. The fourth-order valence-corrected chi connectivity index (χ4v) is 2.94. The molecule has 1 N–H and O–H groups in total. The smallest absolute Gasteiger partial charge is 0.256 e. The summed E-state index contributed by atoms with van der Waals surface area (Å²) in [5.41, 5.74) is 1.94. The van der Waals surface area contributed by atoms with E-state index >= 15 is 0 Å². The zero-order chi connectivity index (χ0) is 14.0. The summed E-state index contributed by atoms with van der Waals surface area (Å²) in [6.07, 6.45) is 1.55. The summed E-state index contributed by atoms with van der Waals surface area (Å²) in [5, 5.41) is 12.5. The maximum absolute atomic E-state index is 12.1. The van der Waals surface area contributed by atoms with Gasteiger partial charge in [0.05, 0.1) is 5.56 Å². The van der Waals surface area contributed by atoms with Crippen LogP contribution in [0.3, 0.4) is 0 Å². The molecule has 6 heteroatoms. The summed E-state index contributed by atoms with van der Waals surface area (Å²) in [7, 11) is 0. The Bertz CT molecular complexity index is 688. The van der Waals surface area contributed by atoms with Crippen molar-refractivity contribution in [3.05, 3.63) is 44.5 Å². The quantitative estimate of drug-likeness (QED) is 0.852. The highest BCUT2D eigenvalue weighted by atomic mass is 79.9. The Balaban J connectivity index is 2.30. The Morgan fingerprint density at radius 1 is 1.53 bits per heavy atom. The molecule has 0 spiro atoms. The highest BCUT2D eigenvalue weighted by molar-refractivity contribution is 9.10. The lowest BCUT2D eigenvalue weighted by Crippen LogP contribution is -2.11. The molecule has 96 valence electrons. The predicted molar refractivity (Wildman–Crippen MR) is 78.4 cm³/mol. The van der Waals surface area contributed by atoms with E-state index in [4.69, 9.17) is 5.26 Å². The minimum absolute atomic E-state index is 0.249. The summed E-state index contributed by atoms with van der Waals surface area (Å²) < 4.78 is 0.596. The van der Waals surface area contributed by atoms with E-state index in [2.05, 4.69) is 32.3 Å². The average molecular weight is 336 g/mol. The van der Waals surface area contributed by atoms with Crippen LogP contribution in [0, 0.1) is 25.2 Å². The van der Waals surface area contributed by atoms with E-state index in [1.807, 2.05) is 13.8 Å². The number of halogens is 1. The van der Waals surface area contributed by atoms with Gasteiger partial charge < -0.3 is 5.32 Å². The summed E-state index contributed by atoms with van der Waals surface area (Å²) >= 11 is 4.63. The lowest BCUT2D eigenvalue weighted by atomic mass is 10.2. The van der Waals surface area contributed by atoms with E-state index in [-0.39, 0.29) is 5.91 Å². The van der Waals surface area contributed by atoms with Crippen molar-refractivity contribution < 1.29 is 4.79 Å². The molecule has 19 heavy (non-hydrogen) atoms. The maximum atomic E-state index is 12.1. The van der Waals surface area contributed by atoms with Crippen LogP contribution in [0.4, 0.5) is 5.00 Å². The van der Waals surface area contributed by atoms with Crippen molar-refractivity contribution in [3.63, 3.8) is 0 Å². The van der Waals surface area contributed by atoms with Gasteiger partial charge in [0.15, 0.2) is 0 Å². The lowest BCUT2D eigenvalue weighted by Gasteiger charge is -2.03. The van der Waals surface area contributed by atoms with Gasteiger partial charge in [0, 0.05) is 16.6 Å². The number of hydrogen-bond donors (Lipinski definition) is 1. The number of anilines is 1. The predicted octanol–water partition coefficient (Wildman–Crippen LogP) is 3.65. The first-order valence-corrected chi connectivity index (χ1v) is 7.07. The third-order valence-electron chi connectivity index (χ3n) is 2.71. The van der Waals surface area contributed by atoms with E-state index in [9.17, 15) is 4.79 Å². The standard InChI is InChI=1S/C13H10BrN3OS/c1-7-8(2)19-13(10(7)6-15)17-12(18)9-3-4-16-11(14)5-9/h3-5H,1-2H3,(H,17,18). The number of carbonyl (C=O) groups is 1. The molecule has 0 radical (unpaired) electrons. The highest BCUT2D eigenvalue weighted by Crippen LogP contribution is 2.31. The van der Waals surface area contributed by atoms with E-state index in [0.717, 1.165) is 10.4 Å². The molecule has 0 bridgehead atoms. The summed E-state index contributed by atoms with van der Waals surface area (Å²) in [4.78, 5) is 17.1. The highest BCUT2D eigenvalue weighted by Gasteiger charge is 2.15. The molecule has 2 aromatic heterocycles. The molecule has 0 atom stereocenters. The lowest BCUT2D eigenvalue weighted by molar-refractivity contribution is 0.102. The van der Waals surface area contributed by atoms with Crippen molar-refractivity contribution in [3.8, 4) is 6.07 Å². The van der Waals surface area contributed by atoms with Crippen LogP contribution in [0.25, 0.3) is 0 Å². The van der Waals surface area contributed by atoms with E-state index in [0.29, 0.717) is 20.7 Å². The molecule has 4 nitrogen and oxygen atoms in total. The SMILES string of the molecule is Cc1sc(NC(=O)c2ccnc(Br)c2)c(C#N)c1C. The van der Waals surface area contributed by atoms with Crippen molar-refractivity contribution in [2.75, 3.05) is 5.32 Å². The van der Waals surface area contributed by atoms with Crippen molar-refractivity contribution in [1.82, 2.24) is 4.98 Å². The molecule has 2 rings (SSSR count). The summed E-state index contributed by atoms with van der Waals surface area (Å²) in [6, 6.07) is 5.39. The Morgan fingerprint density at radius 3 is 2.89 bits per heavy atom. The molecule has 0 fully saturated rings. The molecule has 0 unspecified atom stereocenters. The average Bonchev–Trinajstić information content (AvgIpc) is 2.64. The van der Waals surface area contributed by atoms with Gasteiger partial charge in [-0.25, -0.2) is 4.98 Å². The second-order valence-corrected chi connectivity index (χ2v) is 5.96. The number of nitrogens with zero attached hydrogens (tertiary/aromatic N) is 2. The van der Waals surface area contributed by atoms with Crippen molar-refractivity contribution in [1.29, 1.82) is 5.26 Å². The van der Waals surface area contributed by atoms with Gasteiger partial charge in [-0.1, -0.05) is 0 Å². The molecular weight excluding hydrogens is 326 g/mol. The van der Waals surface area contributed by atoms with Gasteiger partial charge in [-0.05, 0) is 47.5 Å². The number of rotatable bonds is 2. The number of aromatic nitrogens is 1. The number of aryl methyl sites for hydroxylation is 1. The number of pyridine rings is 1. The number of nitrogens with one attached hydrogen (secondary N) is 1. The molecule has 1 amide bonds. The number of hydrogen-bond acceptors (Lipinski definition) is 4. The Kier molecular flexibility index (Phi) is 3.98. The summed E-state index contributed by atoms with van der Waals surface area (Å²) in [6.45, 7) is 3.81. The molecule has 0 saturated heterocycles. The fourth-order valence-electron chi connectivity index (χ4n) is 1.57. The van der Waals surface area contributed by atoms with Crippen LogP contribution in [-0.4, -0.2) is 10.9 Å². The van der Waals surface area contributed by atoms with Crippen LogP contribution >= 0.6 is 27.3 Å². The zero-order valence-electron chi connectivity index (χ0n) is 10.3. The Morgan fingerprint density at radius 2 is 2.26 bits per heavy atom. The molecule has 0 saturated carbocycles. The first-order chi connectivity index (χ1) is 9.02. The monoisotopic (exact) mass is 335 g/mol. The van der Waals surface area contributed by atoms with Crippen molar-refractivity contribution in [2.45, 2.75) is 13.8 Å². The van der Waals surface area contributed by atoms with Gasteiger partial charge in [-0.15, -0.1) is 11.3 Å². The van der Waals surface area contributed by atoms with Crippen molar-refractivity contribution >= 4 is 38.2 Å². The number of carbonyl (C=O) groups excluding carboxylic acids is 1. The number of amides is 1. The van der Waals surface area contributed by atoms with Crippen LogP contribution in [0.15, 0.2) is 22.9 Å². The first-order valence-electron chi connectivity index (χ1n) is 5.46. The molecule has 0 aliphatic carbocycles. The van der Waals surface area contributed by atoms with E-state index < -0.39 is 0 Å². The minimum atomic E-state index is -0.249. The van der Waals surface area contributed by atoms with Crippen LogP contribution < -0.4 is 5.32 Å². The molecular formula is C13H10BrN3OS. The van der Waals surface area contributed by atoms with Gasteiger partial charge in [0.2, 0.25) is 0 Å². The van der Waals surface area contributed by atoms with Gasteiger partial charge in [0.1, 0.15) is 15.7 Å². The molecule has 2 heterocycles. The molecule has 2 aromatic rings. The topological polar surface area (TPSA) is 65.8 Å². The molecule has 0 aliphatic heterocycles. The van der Waals surface area contributed by atoms with Crippen LogP contribution in [-0.2, 0) is 0 Å². The molecule has 0 aromatic carbocycles. The zero-order valence-corrected chi connectivity index (χ0v) is 12.7. The van der Waals surface area contributed by atoms with Gasteiger partial charge >= 0.3 is 0 Å². The summed E-state index contributed by atoms with van der Waals surface area (Å²) in [5.74, 6) is -0.249. The first kappa shape index (κ1) is 13.7. The third-order valence-corrected chi connectivity index (χ3v) is 4.27. The van der Waals surface area contributed by atoms with Gasteiger partial charge in [-0.2, -0.15) is 5.26 Å². The number of thiophene rings is 1. The van der Waals surface area contributed by atoms with Crippen molar-refractivity contribution in [2.24, 2.45) is 0 Å². The Hall–Kier alpha value is -1.71. The van der Waals surface area contributed by atoms with E-state index in [1.54, 1.807) is 18.3 Å². The third kappa shape index (κ3) is 2.83.